The second-order valence-corrected chi connectivity index (χ2v) is 7.46. The summed E-state index contributed by atoms with van der Waals surface area (Å²) in [6.07, 6.45) is 7.59. The quantitative estimate of drug-likeness (QED) is 0.471. The summed E-state index contributed by atoms with van der Waals surface area (Å²) in [4.78, 5) is 8.99. The first-order valence-electron chi connectivity index (χ1n) is 9.87. The van der Waals surface area contributed by atoms with Crippen LogP contribution in [0.2, 0.25) is 0 Å². The van der Waals surface area contributed by atoms with Gasteiger partial charge in [0.25, 0.3) is 0 Å². The molecule has 1 aliphatic carbocycles. The lowest BCUT2D eigenvalue weighted by atomic mass is 10.1. The normalized spacial score (nSPS) is 15.7. The Labute approximate surface area is 170 Å². The first-order valence-corrected chi connectivity index (χ1v) is 9.87. The van der Waals surface area contributed by atoms with Gasteiger partial charge in [0, 0.05) is 30.4 Å². The predicted octanol–water partition coefficient (Wildman–Crippen LogP) is 1.68. The molecule has 9 nitrogen and oxygen atoms in total. The number of allylic oxidation sites excluding steroid dienone is 1. The number of rotatable bonds is 9. The molecule has 0 radical (unpaired) electrons. The Morgan fingerprint density at radius 3 is 2.86 bits per heavy atom. The molecule has 0 atom stereocenters. The number of nitriles is 1. The van der Waals surface area contributed by atoms with Gasteiger partial charge in [-0.15, -0.1) is 0 Å². The Hall–Kier alpha value is -3.12. The third-order valence-corrected chi connectivity index (χ3v) is 5.17. The van der Waals surface area contributed by atoms with Gasteiger partial charge in [0.15, 0.2) is 5.65 Å². The van der Waals surface area contributed by atoms with Gasteiger partial charge in [-0.05, 0) is 32.3 Å². The number of aliphatic hydroxyl groups excluding tert-OH is 1. The molecule has 2 aromatic rings. The zero-order valence-corrected chi connectivity index (χ0v) is 16.9. The van der Waals surface area contributed by atoms with Gasteiger partial charge in [-0.25, -0.2) is 4.98 Å². The molecule has 0 bridgehead atoms. The second kappa shape index (κ2) is 8.49. The Balaban J connectivity index is 1.74. The van der Waals surface area contributed by atoms with Gasteiger partial charge in [-0.2, -0.15) is 14.9 Å². The SMILES string of the molecule is CCCc1c(C)nn2c(N)c(C#N)c(NCCC(N)=CC=NC3(CO)CC3)nc12. The van der Waals surface area contributed by atoms with Crippen LogP contribution in [0.15, 0.2) is 16.8 Å². The van der Waals surface area contributed by atoms with Crippen LogP contribution in [0.5, 0.6) is 0 Å². The number of hydrogen-bond acceptors (Lipinski definition) is 8. The summed E-state index contributed by atoms with van der Waals surface area (Å²) in [6.45, 7) is 4.58. The molecule has 0 saturated heterocycles. The number of aryl methyl sites for hydroxylation is 2. The van der Waals surface area contributed by atoms with Gasteiger partial charge >= 0.3 is 0 Å². The number of nitrogens with two attached hydrogens (primary N) is 2. The van der Waals surface area contributed by atoms with E-state index in [0.717, 1.165) is 36.9 Å². The smallest absolute Gasteiger partial charge is 0.163 e. The Morgan fingerprint density at radius 1 is 1.48 bits per heavy atom. The van der Waals surface area contributed by atoms with Crippen LogP contribution in [0, 0.1) is 18.3 Å². The van der Waals surface area contributed by atoms with E-state index < -0.39 is 0 Å². The summed E-state index contributed by atoms with van der Waals surface area (Å²) in [5.74, 6) is 0.716. The lowest BCUT2D eigenvalue weighted by Crippen LogP contribution is -2.13. The number of aliphatic imine (C=N–C) groups is 1. The van der Waals surface area contributed by atoms with E-state index in [1.54, 1.807) is 16.8 Å². The minimum Gasteiger partial charge on any atom is -0.402 e. The van der Waals surface area contributed by atoms with Gasteiger partial charge in [-0.3, -0.25) is 4.99 Å². The average molecular weight is 396 g/mol. The lowest BCUT2D eigenvalue weighted by molar-refractivity contribution is 0.258. The summed E-state index contributed by atoms with van der Waals surface area (Å²) in [5, 5.41) is 26.4. The molecule has 2 heterocycles. The predicted molar refractivity (Wildman–Crippen MR) is 114 cm³/mol. The van der Waals surface area contributed by atoms with Crippen molar-refractivity contribution >= 4 is 23.5 Å². The zero-order valence-electron chi connectivity index (χ0n) is 16.9. The highest BCUT2D eigenvalue weighted by molar-refractivity contribution is 5.73. The number of aliphatic hydroxyl groups is 1. The van der Waals surface area contributed by atoms with E-state index in [0.29, 0.717) is 30.1 Å². The largest absolute Gasteiger partial charge is 0.402 e. The van der Waals surface area contributed by atoms with E-state index in [9.17, 15) is 10.4 Å². The van der Waals surface area contributed by atoms with Crippen molar-refractivity contribution in [2.24, 2.45) is 10.7 Å². The molecule has 3 rings (SSSR count). The highest BCUT2D eigenvalue weighted by Crippen LogP contribution is 2.38. The fourth-order valence-corrected chi connectivity index (χ4v) is 3.17. The van der Waals surface area contributed by atoms with Crippen molar-refractivity contribution in [1.29, 1.82) is 5.26 Å². The average Bonchev–Trinajstić information content (AvgIpc) is 3.41. The molecule has 9 heteroatoms. The first-order chi connectivity index (χ1) is 13.9. The monoisotopic (exact) mass is 396 g/mol. The van der Waals surface area contributed by atoms with Crippen LogP contribution in [-0.2, 0) is 6.42 Å². The van der Waals surface area contributed by atoms with E-state index in [2.05, 4.69) is 33.4 Å². The van der Waals surface area contributed by atoms with Gasteiger partial charge in [0.2, 0.25) is 0 Å². The van der Waals surface area contributed by atoms with Crippen LogP contribution in [0.25, 0.3) is 5.65 Å². The maximum absolute atomic E-state index is 9.54. The van der Waals surface area contributed by atoms with Crippen molar-refractivity contribution in [1.82, 2.24) is 14.6 Å². The van der Waals surface area contributed by atoms with Crippen LogP contribution < -0.4 is 16.8 Å². The van der Waals surface area contributed by atoms with E-state index >= 15 is 0 Å². The second-order valence-electron chi connectivity index (χ2n) is 7.46. The number of fused-ring (bicyclic) bond motifs is 1. The fraction of sp³-hybridized carbons (Fsp3) is 0.500. The standard InChI is InChI=1S/C20H28N8O/c1-3-4-15-13(2)27-28-17(23)16(11-21)18(26-19(15)28)24-9-5-14(22)6-10-25-20(12-29)7-8-20/h6,10,29H,3-5,7-9,12,22-23H2,1-2H3,(H,24,26). The van der Waals surface area contributed by atoms with Crippen molar-refractivity contribution < 1.29 is 5.11 Å². The minimum atomic E-state index is -0.285. The highest BCUT2D eigenvalue weighted by Gasteiger charge is 2.41. The van der Waals surface area contributed by atoms with E-state index in [-0.39, 0.29) is 23.5 Å². The Bertz CT molecular complexity index is 994. The number of anilines is 2. The van der Waals surface area contributed by atoms with Crippen LogP contribution in [0.3, 0.4) is 0 Å². The molecule has 6 N–H and O–H groups in total. The summed E-state index contributed by atoms with van der Waals surface area (Å²) in [6, 6.07) is 2.12. The van der Waals surface area contributed by atoms with E-state index in [4.69, 9.17) is 11.5 Å². The zero-order chi connectivity index (χ0) is 21.0. The van der Waals surface area contributed by atoms with Crippen LogP contribution in [0.1, 0.15) is 49.4 Å². The van der Waals surface area contributed by atoms with Gasteiger partial charge in [0.1, 0.15) is 23.3 Å². The van der Waals surface area contributed by atoms with E-state index in [1.165, 1.54) is 0 Å². The van der Waals surface area contributed by atoms with Crippen molar-refractivity contribution in [2.45, 2.75) is 51.5 Å². The number of aromatic nitrogens is 3. The highest BCUT2D eigenvalue weighted by atomic mass is 16.3. The third-order valence-electron chi connectivity index (χ3n) is 5.17. The summed E-state index contributed by atoms with van der Waals surface area (Å²) < 4.78 is 1.55. The van der Waals surface area contributed by atoms with Crippen LogP contribution in [0.4, 0.5) is 11.6 Å². The van der Waals surface area contributed by atoms with Crippen molar-refractivity contribution in [2.75, 3.05) is 24.2 Å². The summed E-state index contributed by atoms with van der Waals surface area (Å²) in [5.41, 5.74) is 15.4. The molecule has 1 aliphatic rings. The molecular formula is C20H28N8O. The van der Waals surface area contributed by atoms with Crippen LogP contribution in [-0.4, -0.2) is 44.6 Å². The third kappa shape index (κ3) is 4.32. The first kappa shape index (κ1) is 20.6. The van der Waals surface area contributed by atoms with Gasteiger partial charge in [0.05, 0.1) is 17.8 Å². The summed E-state index contributed by atoms with van der Waals surface area (Å²) in [7, 11) is 0. The molecule has 1 fully saturated rings. The lowest BCUT2D eigenvalue weighted by Gasteiger charge is -2.11. The Morgan fingerprint density at radius 2 is 2.24 bits per heavy atom. The molecule has 0 spiro atoms. The molecule has 0 aliphatic heterocycles. The number of nitrogen functional groups attached to an aromatic ring is 1. The molecule has 0 unspecified atom stereocenters. The minimum absolute atomic E-state index is 0.0688. The van der Waals surface area contributed by atoms with E-state index in [1.807, 2.05) is 6.92 Å². The molecule has 1 saturated carbocycles. The maximum atomic E-state index is 9.54. The van der Waals surface area contributed by atoms with Gasteiger partial charge in [-0.1, -0.05) is 13.3 Å². The van der Waals surface area contributed by atoms with Crippen molar-refractivity contribution in [3.63, 3.8) is 0 Å². The van der Waals surface area contributed by atoms with Crippen molar-refractivity contribution in [3.8, 4) is 6.07 Å². The maximum Gasteiger partial charge on any atom is 0.163 e. The van der Waals surface area contributed by atoms with Crippen LogP contribution >= 0.6 is 0 Å². The molecule has 2 aromatic heterocycles. The molecule has 154 valence electrons. The molecule has 0 aromatic carbocycles. The Kier molecular flexibility index (Phi) is 6.03. The topological polar surface area (TPSA) is 151 Å². The molecule has 29 heavy (non-hydrogen) atoms. The van der Waals surface area contributed by atoms with Gasteiger partial charge < -0.3 is 21.9 Å². The molecular weight excluding hydrogens is 368 g/mol. The number of hydrogen-bond donors (Lipinski definition) is 4. The summed E-state index contributed by atoms with van der Waals surface area (Å²) >= 11 is 0. The molecule has 0 amide bonds. The van der Waals surface area contributed by atoms with Crippen molar-refractivity contribution in [3.05, 3.63) is 28.6 Å². The number of nitrogens with one attached hydrogen (secondary N) is 1. The fourth-order valence-electron chi connectivity index (χ4n) is 3.17. The number of nitrogens with zero attached hydrogens (tertiary/aromatic N) is 5.